The second kappa shape index (κ2) is 3.48. The van der Waals surface area contributed by atoms with E-state index in [0.717, 1.165) is 11.1 Å². The number of hydrogen-bond acceptors (Lipinski definition) is 2. The summed E-state index contributed by atoms with van der Waals surface area (Å²) in [6, 6.07) is 5.99. The summed E-state index contributed by atoms with van der Waals surface area (Å²) in [5, 5.41) is 9.94. The average molecular weight is 179 g/mol. The predicted molar refractivity (Wildman–Crippen MR) is 54.5 cm³/mol. The van der Waals surface area contributed by atoms with E-state index in [-0.39, 0.29) is 6.54 Å². The summed E-state index contributed by atoms with van der Waals surface area (Å²) in [4.78, 5) is 0. The summed E-state index contributed by atoms with van der Waals surface area (Å²) in [6.07, 6.45) is 0. The van der Waals surface area contributed by atoms with Gasteiger partial charge in [0.1, 0.15) is 0 Å². The van der Waals surface area contributed by atoms with Crippen molar-refractivity contribution < 1.29 is 5.11 Å². The van der Waals surface area contributed by atoms with Gasteiger partial charge in [0.05, 0.1) is 5.60 Å². The highest BCUT2D eigenvalue weighted by molar-refractivity contribution is 5.34. The fourth-order valence-electron chi connectivity index (χ4n) is 1.53. The molecule has 0 radical (unpaired) electrons. The highest BCUT2D eigenvalue weighted by Gasteiger charge is 2.22. The van der Waals surface area contributed by atoms with Crippen molar-refractivity contribution in [2.24, 2.45) is 5.73 Å². The minimum atomic E-state index is -0.905. The molecule has 0 fully saturated rings. The molecule has 0 aromatic heterocycles. The molecule has 72 valence electrons. The van der Waals surface area contributed by atoms with Crippen LogP contribution in [0.3, 0.4) is 0 Å². The second-order valence-corrected chi connectivity index (χ2v) is 3.80. The molecule has 2 heteroatoms. The first-order chi connectivity index (χ1) is 5.97. The van der Waals surface area contributed by atoms with Gasteiger partial charge >= 0.3 is 0 Å². The van der Waals surface area contributed by atoms with Crippen molar-refractivity contribution in [1.29, 1.82) is 0 Å². The van der Waals surface area contributed by atoms with E-state index in [1.807, 2.05) is 26.0 Å². The first kappa shape index (κ1) is 10.2. The second-order valence-electron chi connectivity index (χ2n) is 3.80. The van der Waals surface area contributed by atoms with Crippen LogP contribution in [0.5, 0.6) is 0 Å². The molecule has 3 N–H and O–H groups in total. The van der Waals surface area contributed by atoms with Gasteiger partial charge in [0.2, 0.25) is 0 Å². The largest absolute Gasteiger partial charge is 0.384 e. The van der Waals surface area contributed by atoms with Crippen LogP contribution in [0.4, 0.5) is 0 Å². The maximum Gasteiger partial charge on any atom is 0.0992 e. The van der Waals surface area contributed by atoms with Crippen LogP contribution >= 0.6 is 0 Å². The van der Waals surface area contributed by atoms with Crippen LogP contribution in [-0.2, 0) is 5.60 Å². The number of aryl methyl sites for hydroxylation is 2. The maximum atomic E-state index is 9.94. The van der Waals surface area contributed by atoms with Gasteiger partial charge in [0.15, 0.2) is 0 Å². The lowest BCUT2D eigenvalue weighted by molar-refractivity contribution is 0.0662. The fraction of sp³-hybridized carbons (Fsp3) is 0.455. The quantitative estimate of drug-likeness (QED) is 0.722. The van der Waals surface area contributed by atoms with Gasteiger partial charge in [-0.1, -0.05) is 23.8 Å². The van der Waals surface area contributed by atoms with Crippen LogP contribution in [0, 0.1) is 13.8 Å². The fourth-order valence-corrected chi connectivity index (χ4v) is 1.53. The number of nitrogens with two attached hydrogens (primary N) is 1. The van der Waals surface area contributed by atoms with Crippen molar-refractivity contribution in [3.63, 3.8) is 0 Å². The Balaban J connectivity index is 3.16. The molecule has 0 aliphatic heterocycles. The Morgan fingerprint density at radius 3 is 2.46 bits per heavy atom. The molecule has 0 amide bonds. The molecule has 13 heavy (non-hydrogen) atoms. The van der Waals surface area contributed by atoms with Crippen LogP contribution in [0.1, 0.15) is 23.6 Å². The molecule has 0 heterocycles. The minimum Gasteiger partial charge on any atom is -0.384 e. The van der Waals surface area contributed by atoms with E-state index < -0.39 is 5.60 Å². The van der Waals surface area contributed by atoms with Gasteiger partial charge in [-0.15, -0.1) is 0 Å². The summed E-state index contributed by atoms with van der Waals surface area (Å²) in [5.74, 6) is 0. The number of benzene rings is 1. The standard InChI is InChI=1S/C11H17NO/c1-8-4-5-10(9(2)6-8)11(3,13)7-12/h4-6,13H,7,12H2,1-3H3. The Morgan fingerprint density at radius 2 is 2.00 bits per heavy atom. The highest BCUT2D eigenvalue weighted by Crippen LogP contribution is 2.23. The zero-order valence-electron chi connectivity index (χ0n) is 8.46. The lowest BCUT2D eigenvalue weighted by atomic mass is 9.91. The average Bonchev–Trinajstić information content (AvgIpc) is 2.03. The van der Waals surface area contributed by atoms with Gasteiger partial charge in [0, 0.05) is 6.54 Å². The van der Waals surface area contributed by atoms with Crippen molar-refractivity contribution in [2.45, 2.75) is 26.4 Å². The first-order valence-electron chi connectivity index (χ1n) is 4.47. The summed E-state index contributed by atoms with van der Waals surface area (Å²) >= 11 is 0. The lowest BCUT2D eigenvalue weighted by Gasteiger charge is -2.23. The zero-order chi connectivity index (χ0) is 10.1. The monoisotopic (exact) mass is 179 g/mol. The molecule has 0 aliphatic rings. The third-order valence-corrected chi connectivity index (χ3v) is 2.36. The summed E-state index contributed by atoms with van der Waals surface area (Å²) in [6.45, 7) is 6.02. The molecule has 1 atom stereocenters. The third-order valence-electron chi connectivity index (χ3n) is 2.36. The summed E-state index contributed by atoms with van der Waals surface area (Å²) in [7, 11) is 0. The van der Waals surface area contributed by atoms with E-state index in [1.165, 1.54) is 5.56 Å². The van der Waals surface area contributed by atoms with Crippen molar-refractivity contribution in [2.75, 3.05) is 6.54 Å². The number of rotatable bonds is 2. The Morgan fingerprint density at radius 1 is 1.38 bits per heavy atom. The highest BCUT2D eigenvalue weighted by atomic mass is 16.3. The molecule has 0 spiro atoms. The van der Waals surface area contributed by atoms with Crippen LogP contribution in [0.2, 0.25) is 0 Å². The van der Waals surface area contributed by atoms with Crippen molar-refractivity contribution in [1.82, 2.24) is 0 Å². The van der Waals surface area contributed by atoms with E-state index in [9.17, 15) is 5.11 Å². The normalized spacial score (nSPS) is 15.5. The van der Waals surface area contributed by atoms with Crippen molar-refractivity contribution in [3.05, 3.63) is 34.9 Å². The third kappa shape index (κ3) is 2.08. The van der Waals surface area contributed by atoms with E-state index in [0.29, 0.717) is 0 Å². The molecule has 0 saturated heterocycles. The SMILES string of the molecule is Cc1ccc(C(C)(O)CN)c(C)c1. The van der Waals surface area contributed by atoms with Crippen LogP contribution in [0.25, 0.3) is 0 Å². The molecule has 2 nitrogen and oxygen atoms in total. The molecule has 0 saturated carbocycles. The topological polar surface area (TPSA) is 46.2 Å². The smallest absolute Gasteiger partial charge is 0.0992 e. The molecular weight excluding hydrogens is 162 g/mol. The Labute approximate surface area is 79.4 Å². The van der Waals surface area contributed by atoms with Crippen molar-refractivity contribution >= 4 is 0 Å². The molecule has 0 bridgehead atoms. The maximum absolute atomic E-state index is 9.94. The van der Waals surface area contributed by atoms with E-state index >= 15 is 0 Å². The van der Waals surface area contributed by atoms with Gasteiger partial charge in [0.25, 0.3) is 0 Å². The van der Waals surface area contributed by atoms with Crippen LogP contribution in [0.15, 0.2) is 18.2 Å². The van der Waals surface area contributed by atoms with Gasteiger partial charge < -0.3 is 10.8 Å². The lowest BCUT2D eigenvalue weighted by Crippen LogP contribution is -2.32. The molecule has 1 aromatic rings. The van der Waals surface area contributed by atoms with Gasteiger partial charge in [-0.05, 0) is 31.9 Å². The van der Waals surface area contributed by atoms with Crippen molar-refractivity contribution in [3.8, 4) is 0 Å². The van der Waals surface area contributed by atoms with E-state index in [2.05, 4.69) is 6.07 Å². The number of hydrogen-bond donors (Lipinski definition) is 2. The molecule has 1 aromatic carbocycles. The zero-order valence-corrected chi connectivity index (χ0v) is 8.46. The summed E-state index contributed by atoms with van der Waals surface area (Å²) < 4.78 is 0. The molecule has 1 unspecified atom stereocenters. The Kier molecular flexibility index (Phi) is 2.74. The predicted octanol–water partition coefficient (Wildman–Crippen LogP) is 1.47. The molecular formula is C11H17NO. The molecule has 0 aliphatic carbocycles. The van der Waals surface area contributed by atoms with Crippen LogP contribution in [-0.4, -0.2) is 11.7 Å². The summed E-state index contributed by atoms with van der Waals surface area (Å²) in [5.41, 5.74) is 7.80. The van der Waals surface area contributed by atoms with E-state index in [4.69, 9.17) is 5.73 Å². The number of aliphatic hydroxyl groups is 1. The van der Waals surface area contributed by atoms with Gasteiger partial charge in [-0.2, -0.15) is 0 Å². The van der Waals surface area contributed by atoms with E-state index in [1.54, 1.807) is 6.92 Å². The van der Waals surface area contributed by atoms with Crippen LogP contribution < -0.4 is 5.73 Å². The Bertz CT molecular complexity index is 305. The van der Waals surface area contributed by atoms with Gasteiger partial charge in [-0.3, -0.25) is 0 Å². The minimum absolute atomic E-state index is 0.247. The Hall–Kier alpha value is -0.860. The first-order valence-corrected chi connectivity index (χ1v) is 4.47. The molecule has 1 rings (SSSR count). The van der Waals surface area contributed by atoms with Gasteiger partial charge in [-0.25, -0.2) is 0 Å².